The average Bonchev–Trinajstić information content (AvgIpc) is 2.67. The van der Waals surface area contributed by atoms with Gasteiger partial charge in [0.1, 0.15) is 0 Å². The number of hydrogen-bond donors (Lipinski definition) is 0. The molecular weight excluding hydrogens is 368 g/mol. The molecule has 0 aromatic carbocycles. The number of esters is 4. The van der Waals surface area contributed by atoms with E-state index < -0.39 is 16.2 Å². The Hall–Kier alpha value is -2.12. The zero-order valence-electron chi connectivity index (χ0n) is 18.0. The number of ether oxygens (including phenoxy) is 4. The van der Waals surface area contributed by atoms with Gasteiger partial charge in [-0.15, -0.1) is 0 Å². The number of carbonyl (C=O) groups is 4. The van der Waals surface area contributed by atoms with Gasteiger partial charge in [-0.05, 0) is 46.0 Å². The van der Waals surface area contributed by atoms with E-state index in [2.05, 4.69) is 14.2 Å². The van der Waals surface area contributed by atoms with Gasteiger partial charge in [0.2, 0.25) is 0 Å². The lowest BCUT2D eigenvalue weighted by Crippen LogP contribution is -2.53. The van der Waals surface area contributed by atoms with Gasteiger partial charge in [-0.2, -0.15) is 0 Å². The van der Waals surface area contributed by atoms with Gasteiger partial charge in [0, 0.05) is 0 Å². The fourth-order valence-electron chi connectivity index (χ4n) is 4.50. The normalized spacial score (nSPS) is 35.7. The van der Waals surface area contributed by atoms with Crippen LogP contribution < -0.4 is 0 Å². The largest absolute Gasteiger partial charge is 0.469 e. The van der Waals surface area contributed by atoms with E-state index in [0.29, 0.717) is 19.3 Å². The Labute approximate surface area is 166 Å². The topological polar surface area (TPSA) is 105 Å². The molecule has 28 heavy (non-hydrogen) atoms. The third-order valence-electron chi connectivity index (χ3n) is 6.33. The van der Waals surface area contributed by atoms with Crippen LogP contribution in [0.4, 0.5) is 0 Å². The van der Waals surface area contributed by atoms with Crippen molar-refractivity contribution >= 4 is 23.9 Å². The molecule has 0 N–H and O–H groups in total. The molecule has 3 atom stereocenters. The molecule has 0 amide bonds. The van der Waals surface area contributed by atoms with Crippen molar-refractivity contribution in [1.29, 1.82) is 0 Å². The second kappa shape index (κ2) is 8.49. The molecule has 2 aliphatic carbocycles. The molecule has 0 spiro atoms. The smallest absolute Gasteiger partial charge is 0.311 e. The van der Waals surface area contributed by atoms with Crippen LogP contribution in [0, 0.1) is 28.1 Å². The molecule has 0 aromatic rings. The van der Waals surface area contributed by atoms with Crippen LogP contribution in [0.25, 0.3) is 0 Å². The van der Waals surface area contributed by atoms with Crippen LogP contribution in [0.3, 0.4) is 0 Å². The van der Waals surface area contributed by atoms with Crippen molar-refractivity contribution in [3.8, 4) is 0 Å². The van der Waals surface area contributed by atoms with Crippen LogP contribution in [0.5, 0.6) is 0 Å². The number of methoxy groups -OCH3 is 4. The second-order valence-electron chi connectivity index (χ2n) is 8.49. The van der Waals surface area contributed by atoms with Crippen molar-refractivity contribution in [2.75, 3.05) is 28.4 Å². The molecule has 0 saturated heterocycles. The summed E-state index contributed by atoms with van der Waals surface area (Å²) in [5.41, 5.74) is -1.55. The molecule has 0 heterocycles. The third kappa shape index (κ3) is 4.15. The van der Waals surface area contributed by atoms with E-state index in [9.17, 15) is 19.2 Å². The number of carbonyl (C=O) groups excluding carboxylic acids is 4. The van der Waals surface area contributed by atoms with Crippen molar-refractivity contribution in [3.05, 3.63) is 0 Å². The summed E-state index contributed by atoms with van der Waals surface area (Å²) >= 11 is 0. The molecule has 3 unspecified atom stereocenters. The molecule has 8 nitrogen and oxygen atoms in total. The first-order valence-electron chi connectivity index (χ1n) is 9.18. The molecule has 0 aliphatic heterocycles. The summed E-state index contributed by atoms with van der Waals surface area (Å²) in [6, 6.07) is 0. The summed E-state index contributed by atoms with van der Waals surface area (Å²) < 4.78 is 18.7. The van der Waals surface area contributed by atoms with Crippen molar-refractivity contribution < 1.29 is 38.1 Å². The van der Waals surface area contributed by atoms with Gasteiger partial charge in [0.25, 0.3) is 0 Å². The Balaban J connectivity index is 0.000000280. The molecule has 0 aromatic heterocycles. The Kier molecular flexibility index (Phi) is 7.25. The highest BCUT2D eigenvalue weighted by Crippen LogP contribution is 2.55. The lowest BCUT2D eigenvalue weighted by molar-refractivity contribution is -0.180. The van der Waals surface area contributed by atoms with Gasteiger partial charge in [0.15, 0.2) is 0 Å². The van der Waals surface area contributed by atoms with Gasteiger partial charge in [-0.3, -0.25) is 19.2 Å². The highest BCUT2D eigenvalue weighted by molar-refractivity contribution is 5.85. The van der Waals surface area contributed by atoms with Gasteiger partial charge < -0.3 is 18.9 Å². The van der Waals surface area contributed by atoms with Gasteiger partial charge in [-0.25, -0.2) is 0 Å². The SMILES string of the molecule is COC(=O)C1(C)CC(C)(C(=O)OC)C1.COC(=O)C1CC(C)(C(=O)OC)C1C. The van der Waals surface area contributed by atoms with E-state index in [1.165, 1.54) is 28.4 Å². The van der Waals surface area contributed by atoms with Crippen LogP contribution in [-0.4, -0.2) is 52.3 Å². The molecule has 160 valence electrons. The summed E-state index contributed by atoms with van der Waals surface area (Å²) in [5.74, 6) is -1.16. The lowest BCUT2D eigenvalue weighted by atomic mass is 9.54. The maximum Gasteiger partial charge on any atom is 0.311 e. The van der Waals surface area contributed by atoms with E-state index in [-0.39, 0.29) is 35.7 Å². The Morgan fingerprint density at radius 3 is 1.39 bits per heavy atom. The van der Waals surface area contributed by atoms with Crippen molar-refractivity contribution in [2.45, 2.75) is 47.0 Å². The number of hydrogen-bond acceptors (Lipinski definition) is 8. The summed E-state index contributed by atoms with van der Waals surface area (Å²) in [6.07, 6.45) is 1.52. The summed E-state index contributed by atoms with van der Waals surface area (Å²) in [4.78, 5) is 45.3. The van der Waals surface area contributed by atoms with Gasteiger partial charge >= 0.3 is 23.9 Å². The predicted octanol–water partition coefficient (Wildman–Crippen LogP) is 2.13. The Bertz CT molecular complexity index is 608. The van der Waals surface area contributed by atoms with Crippen LogP contribution in [-0.2, 0) is 38.1 Å². The maximum absolute atomic E-state index is 11.4. The first-order chi connectivity index (χ1) is 12.8. The van der Waals surface area contributed by atoms with E-state index in [1.54, 1.807) is 0 Å². The van der Waals surface area contributed by atoms with E-state index in [1.807, 2.05) is 27.7 Å². The Morgan fingerprint density at radius 1 is 0.714 bits per heavy atom. The fraction of sp³-hybridized carbons (Fsp3) is 0.800. The zero-order chi connectivity index (χ0) is 21.9. The van der Waals surface area contributed by atoms with Crippen LogP contribution in [0.1, 0.15) is 47.0 Å². The standard InChI is InChI=1S/2C10H16O4/c1-9(7(11)13-3)5-10(2,6-9)8(12)14-4;1-6-7(8(11)13-3)5-10(6,2)9(12)14-4/h5-6H2,1-4H3;6-7H,5H2,1-4H3. The van der Waals surface area contributed by atoms with Crippen LogP contribution in [0.15, 0.2) is 0 Å². The minimum atomic E-state index is -0.520. The molecule has 2 fully saturated rings. The van der Waals surface area contributed by atoms with Crippen molar-refractivity contribution in [2.24, 2.45) is 28.1 Å². The first kappa shape index (κ1) is 23.9. The monoisotopic (exact) mass is 400 g/mol. The highest BCUT2D eigenvalue weighted by atomic mass is 16.5. The summed E-state index contributed by atoms with van der Waals surface area (Å²) in [5, 5.41) is 0. The quantitative estimate of drug-likeness (QED) is 0.522. The van der Waals surface area contributed by atoms with E-state index in [0.717, 1.165) is 0 Å². The fourth-order valence-corrected chi connectivity index (χ4v) is 4.50. The minimum absolute atomic E-state index is 0.0117. The molecule has 2 rings (SSSR count). The second-order valence-corrected chi connectivity index (χ2v) is 8.49. The number of rotatable bonds is 4. The molecule has 8 heteroatoms. The first-order valence-corrected chi connectivity index (χ1v) is 9.18. The van der Waals surface area contributed by atoms with Crippen LogP contribution in [0.2, 0.25) is 0 Å². The van der Waals surface area contributed by atoms with Crippen molar-refractivity contribution in [1.82, 2.24) is 0 Å². The maximum atomic E-state index is 11.4. The van der Waals surface area contributed by atoms with Crippen LogP contribution >= 0.6 is 0 Å². The summed E-state index contributed by atoms with van der Waals surface area (Å²) in [6.45, 7) is 7.32. The Morgan fingerprint density at radius 2 is 1.11 bits per heavy atom. The summed E-state index contributed by atoms with van der Waals surface area (Å²) in [7, 11) is 5.46. The average molecular weight is 400 g/mol. The van der Waals surface area contributed by atoms with Gasteiger partial charge in [0.05, 0.1) is 50.6 Å². The molecule has 2 aliphatic rings. The predicted molar refractivity (Wildman–Crippen MR) is 98.9 cm³/mol. The molecular formula is C20H32O8. The third-order valence-corrected chi connectivity index (χ3v) is 6.33. The van der Waals surface area contributed by atoms with Crippen molar-refractivity contribution in [3.63, 3.8) is 0 Å². The molecule has 0 radical (unpaired) electrons. The highest BCUT2D eigenvalue weighted by Gasteiger charge is 2.59. The zero-order valence-corrected chi connectivity index (χ0v) is 18.0. The van der Waals surface area contributed by atoms with E-state index >= 15 is 0 Å². The molecule has 0 bridgehead atoms. The lowest BCUT2D eigenvalue weighted by Gasteiger charge is -2.48. The van der Waals surface area contributed by atoms with Gasteiger partial charge in [-0.1, -0.05) is 6.92 Å². The van der Waals surface area contributed by atoms with E-state index in [4.69, 9.17) is 4.74 Å². The molecule has 2 saturated carbocycles. The minimum Gasteiger partial charge on any atom is -0.469 e.